The molecule has 0 saturated carbocycles. The van der Waals surface area contributed by atoms with Crippen molar-refractivity contribution in [2.45, 2.75) is 32.1 Å². The van der Waals surface area contributed by atoms with Gasteiger partial charge in [-0.2, -0.15) is 0 Å². The van der Waals surface area contributed by atoms with E-state index in [2.05, 4.69) is 5.32 Å². The summed E-state index contributed by atoms with van der Waals surface area (Å²) in [4.78, 5) is 32.2. The Balaban J connectivity index is 2.34. The number of nitro benzene ring substituents is 1. The number of rotatable bonds is 9. The molecular weight excluding hydrogens is 312 g/mol. The van der Waals surface area contributed by atoms with Gasteiger partial charge in [0.25, 0.3) is 11.6 Å². The molecule has 0 aromatic heterocycles. The lowest BCUT2D eigenvalue weighted by Gasteiger charge is -2.06. The molecule has 1 amide bonds. The van der Waals surface area contributed by atoms with Gasteiger partial charge in [-0.3, -0.25) is 19.7 Å². The lowest BCUT2D eigenvalue weighted by molar-refractivity contribution is -0.384. The molecule has 0 aliphatic carbocycles. The van der Waals surface area contributed by atoms with Crippen LogP contribution in [0, 0.1) is 10.1 Å². The summed E-state index contributed by atoms with van der Waals surface area (Å²) in [6.07, 6.45) is 3.13. The Kier molecular flexibility index (Phi) is 7.31. The van der Waals surface area contributed by atoms with E-state index in [0.29, 0.717) is 13.0 Å². The summed E-state index contributed by atoms with van der Waals surface area (Å²) in [5, 5.41) is 21.8. The van der Waals surface area contributed by atoms with Crippen molar-refractivity contribution in [3.63, 3.8) is 0 Å². The van der Waals surface area contributed by atoms with Gasteiger partial charge in [-0.15, -0.1) is 0 Å². The molecule has 1 aromatic carbocycles. The molecule has 0 aliphatic rings. The second-order valence-electron chi connectivity index (χ2n) is 4.74. The number of nitrogens with zero attached hydrogens (tertiary/aromatic N) is 1. The lowest BCUT2D eigenvalue weighted by Crippen LogP contribution is -2.24. The molecule has 0 radical (unpaired) electrons. The third kappa shape index (κ3) is 6.09. The first-order valence-corrected chi connectivity index (χ1v) is 7.23. The summed E-state index contributed by atoms with van der Waals surface area (Å²) < 4.78 is 0. The van der Waals surface area contributed by atoms with Crippen molar-refractivity contribution in [3.05, 3.63) is 38.9 Å². The van der Waals surface area contributed by atoms with Gasteiger partial charge in [0.15, 0.2) is 0 Å². The maximum Gasteiger partial charge on any atom is 0.303 e. The van der Waals surface area contributed by atoms with Crippen LogP contribution in [0.2, 0.25) is 5.02 Å². The molecule has 22 heavy (non-hydrogen) atoms. The summed E-state index contributed by atoms with van der Waals surface area (Å²) >= 11 is 5.86. The number of hydrogen-bond donors (Lipinski definition) is 2. The van der Waals surface area contributed by atoms with Crippen LogP contribution in [0.1, 0.15) is 42.5 Å². The normalized spacial score (nSPS) is 10.2. The minimum absolute atomic E-state index is 0.0353. The van der Waals surface area contributed by atoms with Gasteiger partial charge in [0.2, 0.25) is 0 Å². The third-order valence-corrected chi connectivity index (χ3v) is 3.32. The number of carbonyl (C=O) groups is 2. The Morgan fingerprint density at radius 1 is 1.23 bits per heavy atom. The van der Waals surface area contributed by atoms with Crippen LogP contribution in [0.4, 0.5) is 5.69 Å². The number of benzene rings is 1. The van der Waals surface area contributed by atoms with Crippen molar-refractivity contribution >= 4 is 29.2 Å². The summed E-state index contributed by atoms with van der Waals surface area (Å²) in [7, 11) is 0. The van der Waals surface area contributed by atoms with Crippen molar-refractivity contribution in [2.75, 3.05) is 6.54 Å². The van der Waals surface area contributed by atoms with Crippen molar-refractivity contribution < 1.29 is 19.6 Å². The van der Waals surface area contributed by atoms with E-state index in [-0.39, 0.29) is 28.6 Å². The highest BCUT2D eigenvalue weighted by Gasteiger charge is 2.14. The summed E-state index contributed by atoms with van der Waals surface area (Å²) in [5.41, 5.74) is 0.0260. The highest BCUT2D eigenvalue weighted by atomic mass is 35.5. The molecule has 0 spiro atoms. The van der Waals surface area contributed by atoms with E-state index >= 15 is 0 Å². The fourth-order valence-corrected chi connectivity index (χ4v) is 2.11. The molecular formula is C14H17ClN2O5. The van der Waals surface area contributed by atoms with Gasteiger partial charge in [0, 0.05) is 25.1 Å². The highest BCUT2D eigenvalue weighted by molar-refractivity contribution is 6.34. The molecule has 0 aliphatic heterocycles. The Hall–Kier alpha value is -2.15. The monoisotopic (exact) mass is 328 g/mol. The number of nitrogens with one attached hydrogen (secondary N) is 1. The zero-order chi connectivity index (χ0) is 16.5. The molecule has 0 fully saturated rings. The van der Waals surface area contributed by atoms with Crippen molar-refractivity contribution in [2.24, 2.45) is 0 Å². The predicted molar refractivity (Wildman–Crippen MR) is 81.2 cm³/mol. The Morgan fingerprint density at radius 2 is 1.91 bits per heavy atom. The maximum absolute atomic E-state index is 11.9. The maximum atomic E-state index is 11.9. The average Bonchev–Trinajstić information content (AvgIpc) is 2.45. The second kappa shape index (κ2) is 8.99. The highest BCUT2D eigenvalue weighted by Crippen LogP contribution is 2.22. The minimum Gasteiger partial charge on any atom is -0.481 e. The first kappa shape index (κ1) is 17.9. The Bertz CT molecular complexity index is 562. The molecule has 0 unspecified atom stereocenters. The van der Waals surface area contributed by atoms with Crippen LogP contribution in [-0.4, -0.2) is 28.5 Å². The minimum atomic E-state index is -0.805. The number of amides is 1. The lowest BCUT2D eigenvalue weighted by atomic mass is 10.1. The first-order chi connectivity index (χ1) is 10.4. The van der Waals surface area contributed by atoms with Crippen LogP contribution < -0.4 is 5.32 Å². The number of non-ortho nitro benzene ring substituents is 1. The second-order valence-corrected chi connectivity index (χ2v) is 5.14. The van der Waals surface area contributed by atoms with Gasteiger partial charge in [-0.25, -0.2) is 0 Å². The molecule has 8 heteroatoms. The third-order valence-electron chi connectivity index (χ3n) is 3.01. The van der Waals surface area contributed by atoms with Crippen LogP contribution in [-0.2, 0) is 4.79 Å². The summed E-state index contributed by atoms with van der Waals surface area (Å²) in [5.74, 6) is -1.19. The van der Waals surface area contributed by atoms with Gasteiger partial charge >= 0.3 is 5.97 Å². The molecule has 2 N–H and O–H groups in total. The van der Waals surface area contributed by atoms with Crippen LogP contribution in [0.15, 0.2) is 18.2 Å². The van der Waals surface area contributed by atoms with E-state index in [1.54, 1.807) is 0 Å². The number of unbranched alkanes of at least 4 members (excludes halogenated alkanes) is 3. The van der Waals surface area contributed by atoms with Crippen molar-refractivity contribution in [3.8, 4) is 0 Å². The van der Waals surface area contributed by atoms with Crippen molar-refractivity contribution in [1.29, 1.82) is 0 Å². The van der Waals surface area contributed by atoms with Crippen LogP contribution in [0.25, 0.3) is 0 Å². The summed E-state index contributed by atoms with van der Waals surface area (Å²) in [6, 6.07) is 3.69. The largest absolute Gasteiger partial charge is 0.481 e. The number of carboxylic acid groups (broad SMARTS) is 1. The fourth-order valence-electron chi connectivity index (χ4n) is 1.85. The molecule has 0 saturated heterocycles. The zero-order valence-corrected chi connectivity index (χ0v) is 12.6. The van der Waals surface area contributed by atoms with Gasteiger partial charge in [0.05, 0.1) is 15.5 Å². The fraction of sp³-hybridized carbons (Fsp3) is 0.429. The number of carboxylic acids is 1. The van der Waals surface area contributed by atoms with E-state index in [1.807, 2.05) is 0 Å². The van der Waals surface area contributed by atoms with Gasteiger partial charge in [-0.1, -0.05) is 24.4 Å². The molecule has 7 nitrogen and oxygen atoms in total. The molecule has 0 heterocycles. The van der Waals surface area contributed by atoms with Crippen LogP contribution in [0.5, 0.6) is 0 Å². The number of nitro groups is 1. The molecule has 0 bridgehead atoms. The molecule has 120 valence electrons. The Morgan fingerprint density at radius 3 is 2.50 bits per heavy atom. The zero-order valence-electron chi connectivity index (χ0n) is 11.9. The standard InChI is InChI=1S/C14H17ClN2O5/c15-12-9-10(17(21)22)6-7-11(12)14(20)16-8-4-2-1-3-5-13(18)19/h6-7,9H,1-5,8H2,(H,16,20)(H,18,19). The average molecular weight is 329 g/mol. The SMILES string of the molecule is O=C(O)CCCCCCNC(=O)c1ccc([N+](=O)[O-])cc1Cl. The Labute approximate surface area is 132 Å². The van der Waals surface area contributed by atoms with E-state index in [0.717, 1.165) is 25.3 Å². The number of halogens is 1. The quantitative estimate of drug-likeness (QED) is 0.411. The van der Waals surface area contributed by atoms with E-state index in [9.17, 15) is 19.7 Å². The van der Waals surface area contributed by atoms with E-state index < -0.39 is 10.9 Å². The topological polar surface area (TPSA) is 110 Å². The van der Waals surface area contributed by atoms with Gasteiger partial charge < -0.3 is 10.4 Å². The van der Waals surface area contributed by atoms with E-state index in [4.69, 9.17) is 16.7 Å². The summed E-state index contributed by atoms with van der Waals surface area (Å²) in [6.45, 7) is 0.444. The van der Waals surface area contributed by atoms with Gasteiger partial charge in [0.1, 0.15) is 0 Å². The number of carbonyl (C=O) groups excluding carboxylic acids is 1. The van der Waals surface area contributed by atoms with Crippen LogP contribution in [0.3, 0.4) is 0 Å². The smallest absolute Gasteiger partial charge is 0.303 e. The van der Waals surface area contributed by atoms with E-state index in [1.165, 1.54) is 12.1 Å². The van der Waals surface area contributed by atoms with Gasteiger partial charge in [-0.05, 0) is 18.9 Å². The number of hydrogen-bond acceptors (Lipinski definition) is 4. The molecule has 1 aromatic rings. The molecule has 1 rings (SSSR count). The first-order valence-electron chi connectivity index (χ1n) is 6.85. The van der Waals surface area contributed by atoms with Crippen LogP contribution >= 0.6 is 11.6 Å². The predicted octanol–water partition coefficient (Wildman–Crippen LogP) is 3.01. The number of aliphatic carboxylic acids is 1. The molecule has 0 atom stereocenters. The van der Waals surface area contributed by atoms with Crippen molar-refractivity contribution in [1.82, 2.24) is 5.32 Å².